The fourth-order valence-corrected chi connectivity index (χ4v) is 2.12. The van der Waals surface area contributed by atoms with Crippen molar-refractivity contribution in [3.05, 3.63) is 72.0 Å². The highest BCUT2D eigenvalue weighted by Gasteiger charge is 2.11. The van der Waals surface area contributed by atoms with E-state index in [4.69, 9.17) is 9.84 Å². The van der Waals surface area contributed by atoms with Crippen molar-refractivity contribution in [2.24, 2.45) is 0 Å². The minimum Gasteiger partial charge on any atom is -0.478 e. The Morgan fingerprint density at radius 2 is 1.71 bits per heavy atom. The largest absolute Gasteiger partial charge is 0.478 e. The fourth-order valence-electron chi connectivity index (χ4n) is 2.12. The molecule has 0 bridgehead atoms. The highest BCUT2D eigenvalue weighted by atomic mass is 19.1. The Labute approximate surface area is 120 Å². The minimum atomic E-state index is -1.18. The molecule has 0 amide bonds. The number of hydrogen-bond acceptors (Lipinski definition) is 2. The second kappa shape index (κ2) is 5.25. The minimum absolute atomic E-state index is 0.00338. The Bertz CT molecular complexity index is 822. The molecule has 104 valence electrons. The van der Waals surface area contributed by atoms with Crippen molar-refractivity contribution in [1.82, 2.24) is 0 Å². The van der Waals surface area contributed by atoms with Gasteiger partial charge >= 0.3 is 5.97 Å². The van der Waals surface area contributed by atoms with Crippen LogP contribution in [0.5, 0.6) is 11.5 Å². The van der Waals surface area contributed by atoms with Gasteiger partial charge in [-0.2, -0.15) is 0 Å². The van der Waals surface area contributed by atoms with E-state index in [0.717, 1.165) is 16.8 Å². The molecule has 0 heterocycles. The molecule has 0 atom stereocenters. The molecular weight excluding hydrogens is 271 g/mol. The van der Waals surface area contributed by atoms with Crippen molar-refractivity contribution < 1.29 is 19.0 Å². The SMILES string of the molecule is O=C(O)c1ccc(Oc2cccc3ccccc23)c(F)c1. The third kappa shape index (κ3) is 2.56. The van der Waals surface area contributed by atoms with Gasteiger partial charge in [-0.05, 0) is 29.7 Å². The Hall–Kier alpha value is -2.88. The van der Waals surface area contributed by atoms with Crippen LogP contribution in [-0.2, 0) is 0 Å². The standard InChI is InChI=1S/C17H11FO3/c18-14-10-12(17(19)20)8-9-16(14)21-15-7-3-5-11-4-1-2-6-13(11)15/h1-10H,(H,19,20). The van der Waals surface area contributed by atoms with E-state index >= 15 is 0 Å². The summed E-state index contributed by atoms with van der Waals surface area (Å²) in [6.07, 6.45) is 0. The molecule has 3 aromatic carbocycles. The average molecular weight is 282 g/mol. The first-order valence-corrected chi connectivity index (χ1v) is 6.33. The van der Waals surface area contributed by atoms with E-state index in [2.05, 4.69) is 0 Å². The molecule has 0 aliphatic heterocycles. The molecule has 0 radical (unpaired) electrons. The Morgan fingerprint density at radius 3 is 2.48 bits per heavy atom. The molecule has 0 aliphatic carbocycles. The summed E-state index contributed by atoms with van der Waals surface area (Å²) in [7, 11) is 0. The second-order valence-corrected chi connectivity index (χ2v) is 4.53. The lowest BCUT2D eigenvalue weighted by Crippen LogP contribution is -1.98. The van der Waals surface area contributed by atoms with Crippen molar-refractivity contribution in [2.75, 3.05) is 0 Å². The molecule has 4 heteroatoms. The number of benzene rings is 3. The van der Waals surface area contributed by atoms with Crippen LogP contribution in [0.4, 0.5) is 4.39 Å². The van der Waals surface area contributed by atoms with Crippen LogP contribution >= 0.6 is 0 Å². The molecule has 3 rings (SSSR count). The predicted octanol–water partition coefficient (Wildman–Crippen LogP) is 4.47. The molecule has 3 nitrogen and oxygen atoms in total. The number of fused-ring (bicyclic) bond motifs is 1. The van der Waals surface area contributed by atoms with Crippen LogP contribution in [0, 0.1) is 5.82 Å². The van der Waals surface area contributed by atoms with Crippen LogP contribution in [0.2, 0.25) is 0 Å². The maximum atomic E-state index is 13.9. The second-order valence-electron chi connectivity index (χ2n) is 4.53. The van der Waals surface area contributed by atoms with Gasteiger partial charge in [0.2, 0.25) is 0 Å². The van der Waals surface area contributed by atoms with Gasteiger partial charge in [-0.15, -0.1) is 0 Å². The van der Waals surface area contributed by atoms with Crippen LogP contribution in [0.3, 0.4) is 0 Å². The lowest BCUT2D eigenvalue weighted by atomic mass is 10.1. The highest BCUT2D eigenvalue weighted by molar-refractivity contribution is 5.89. The molecule has 0 aliphatic rings. The van der Waals surface area contributed by atoms with Crippen LogP contribution in [0.15, 0.2) is 60.7 Å². The lowest BCUT2D eigenvalue weighted by molar-refractivity contribution is 0.0696. The quantitative estimate of drug-likeness (QED) is 0.771. The number of halogens is 1. The highest BCUT2D eigenvalue weighted by Crippen LogP contribution is 2.31. The molecule has 0 spiro atoms. The monoisotopic (exact) mass is 282 g/mol. The summed E-state index contributed by atoms with van der Waals surface area (Å²) in [4.78, 5) is 10.8. The number of rotatable bonds is 3. The third-order valence-corrected chi connectivity index (χ3v) is 3.15. The van der Waals surface area contributed by atoms with Gasteiger partial charge in [-0.25, -0.2) is 9.18 Å². The molecule has 1 N–H and O–H groups in total. The first-order chi connectivity index (χ1) is 10.1. The molecule has 0 unspecified atom stereocenters. The van der Waals surface area contributed by atoms with Crippen molar-refractivity contribution in [3.8, 4) is 11.5 Å². The summed E-state index contributed by atoms with van der Waals surface area (Å²) in [5, 5.41) is 10.7. The van der Waals surface area contributed by atoms with E-state index in [1.807, 2.05) is 36.4 Å². The zero-order chi connectivity index (χ0) is 14.8. The number of aromatic carboxylic acids is 1. The summed E-state index contributed by atoms with van der Waals surface area (Å²) in [6, 6.07) is 16.7. The van der Waals surface area contributed by atoms with E-state index in [1.165, 1.54) is 12.1 Å². The Kier molecular flexibility index (Phi) is 3.28. The first-order valence-electron chi connectivity index (χ1n) is 6.33. The van der Waals surface area contributed by atoms with Gasteiger partial charge in [0.05, 0.1) is 5.56 Å². The number of carbonyl (C=O) groups is 1. The molecule has 0 aromatic heterocycles. The number of carboxylic acids is 1. The zero-order valence-electron chi connectivity index (χ0n) is 10.9. The van der Waals surface area contributed by atoms with Gasteiger partial charge in [-0.3, -0.25) is 0 Å². The molecule has 0 saturated heterocycles. The third-order valence-electron chi connectivity index (χ3n) is 3.15. The molecular formula is C17H11FO3. The van der Waals surface area contributed by atoms with Crippen LogP contribution < -0.4 is 4.74 Å². The molecule has 21 heavy (non-hydrogen) atoms. The molecule has 3 aromatic rings. The number of carboxylic acid groups (broad SMARTS) is 1. The Morgan fingerprint density at radius 1 is 0.952 bits per heavy atom. The van der Waals surface area contributed by atoms with Crippen molar-refractivity contribution >= 4 is 16.7 Å². The van der Waals surface area contributed by atoms with Gasteiger partial charge in [0.1, 0.15) is 5.75 Å². The van der Waals surface area contributed by atoms with Gasteiger partial charge in [-0.1, -0.05) is 36.4 Å². The Balaban J connectivity index is 2.01. The van der Waals surface area contributed by atoms with E-state index in [0.29, 0.717) is 5.75 Å². The van der Waals surface area contributed by atoms with E-state index in [1.54, 1.807) is 6.07 Å². The normalized spacial score (nSPS) is 10.5. The van der Waals surface area contributed by atoms with Gasteiger partial charge in [0, 0.05) is 5.39 Å². The average Bonchev–Trinajstić information content (AvgIpc) is 2.49. The van der Waals surface area contributed by atoms with Crippen molar-refractivity contribution in [1.29, 1.82) is 0 Å². The molecule has 0 fully saturated rings. The van der Waals surface area contributed by atoms with Gasteiger partial charge in [0.25, 0.3) is 0 Å². The zero-order valence-corrected chi connectivity index (χ0v) is 10.9. The van der Waals surface area contributed by atoms with E-state index in [9.17, 15) is 9.18 Å². The van der Waals surface area contributed by atoms with Crippen LogP contribution in [0.1, 0.15) is 10.4 Å². The van der Waals surface area contributed by atoms with Crippen molar-refractivity contribution in [3.63, 3.8) is 0 Å². The van der Waals surface area contributed by atoms with Gasteiger partial charge in [0.15, 0.2) is 11.6 Å². The first kappa shape index (κ1) is 13.1. The fraction of sp³-hybridized carbons (Fsp3) is 0. The molecule has 0 saturated carbocycles. The summed E-state index contributed by atoms with van der Waals surface area (Å²) < 4.78 is 19.5. The summed E-state index contributed by atoms with van der Waals surface area (Å²) in [5.41, 5.74) is -0.113. The smallest absolute Gasteiger partial charge is 0.335 e. The maximum Gasteiger partial charge on any atom is 0.335 e. The van der Waals surface area contributed by atoms with E-state index in [-0.39, 0.29) is 11.3 Å². The lowest BCUT2D eigenvalue weighted by Gasteiger charge is -2.10. The summed E-state index contributed by atoms with van der Waals surface area (Å²) in [6.45, 7) is 0. The summed E-state index contributed by atoms with van der Waals surface area (Å²) in [5.74, 6) is -1.36. The van der Waals surface area contributed by atoms with Gasteiger partial charge < -0.3 is 9.84 Å². The predicted molar refractivity (Wildman–Crippen MR) is 77.4 cm³/mol. The maximum absolute atomic E-state index is 13.9. The number of ether oxygens (including phenoxy) is 1. The van der Waals surface area contributed by atoms with Crippen LogP contribution in [-0.4, -0.2) is 11.1 Å². The number of hydrogen-bond donors (Lipinski definition) is 1. The van der Waals surface area contributed by atoms with Crippen molar-refractivity contribution in [2.45, 2.75) is 0 Å². The van der Waals surface area contributed by atoms with Crippen LogP contribution in [0.25, 0.3) is 10.8 Å². The summed E-state index contributed by atoms with van der Waals surface area (Å²) >= 11 is 0. The topological polar surface area (TPSA) is 46.5 Å². The van der Waals surface area contributed by atoms with E-state index < -0.39 is 11.8 Å².